The minimum Gasteiger partial charge on any atom is -0.496 e. The van der Waals surface area contributed by atoms with Crippen molar-refractivity contribution in [1.29, 1.82) is 0 Å². The van der Waals surface area contributed by atoms with Crippen molar-refractivity contribution in [2.75, 3.05) is 7.11 Å². The van der Waals surface area contributed by atoms with E-state index in [-0.39, 0.29) is 15.9 Å². The second-order valence-corrected chi connectivity index (χ2v) is 10.7. The molecule has 0 saturated heterocycles. The molecule has 1 aliphatic rings. The van der Waals surface area contributed by atoms with Crippen LogP contribution >= 0.6 is 11.6 Å². The molecular formula is C29H28ClFO. The van der Waals surface area contributed by atoms with Crippen molar-refractivity contribution in [3.63, 3.8) is 0 Å². The van der Waals surface area contributed by atoms with Crippen molar-refractivity contribution >= 4 is 33.1 Å². The third-order valence-corrected chi connectivity index (χ3v) is 7.66. The molecule has 0 aromatic heterocycles. The molecule has 0 N–H and O–H groups in total. The first-order valence-electron chi connectivity index (χ1n) is 11.2. The van der Waals surface area contributed by atoms with Gasteiger partial charge in [-0.1, -0.05) is 69.6 Å². The number of methoxy groups -OCH3 is 1. The minimum atomic E-state index is -0.425. The highest BCUT2D eigenvalue weighted by atomic mass is 35.5. The molecule has 0 unspecified atom stereocenters. The first kappa shape index (κ1) is 21.3. The molecule has 164 valence electrons. The van der Waals surface area contributed by atoms with Gasteiger partial charge in [-0.25, -0.2) is 4.39 Å². The highest BCUT2D eigenvalue weighted by Gasteiger charge is 2.37. The van der Waals surface area contributed by atoms with Crippen LogP contribution in [0.1, 0.15) is 51.7 Å². The largest absolute Gasteiger partial charge is 0.496 e. The van der Waals surface area contributed by atoms with Crippen LogP contribution in [-0.4, -0.2) is 7.11 Å². The Hall–Kier alpha value is -2.58. The van der Waals surface area contributed by atoms with E-state index in [0.717, 1.165) is 10.8 Å². The summed E-state index contributed by atoms with van der Waals surface area (Å²) in [5.41, 5.74) is 4.33. The third-order valence-electron chi connectivity index (χ3n) is 7.37. The van der Waals surface area contributed by atoms with Crippen LogP contribution in [0, 0.1) is 5.82 Å². The van der Waals surface area contributed by atoms with E-state index in [2.05, 4.69) is 52.0 Å². The van der Waals surface area contributed by atoms with Crippen molar-refractivity contribution in [1.82, 2.24) is 0 Å². The SMILES string of the molecule is COc1cc2c(ccc3cc4c(cc32)C(C)(C)CCC4(C)C)cc1-c1cccc(Cl)c1F. The van der Waals surface area contributed by atoms with Crippen molar-refractivity contribution < 1.29 is 9.13 Å². The van der Waals surface area contributed by atoms with Crippen LogP contribution in [0.2, 0.25) is 5.02 Å². The molecule has 32 heavy (non-hydrogen) atoms. The van der Waals surface area contributed by atoms with E-state index in [9.17, 15) is 4.39 Å². The number of hydrogen-bond acceptors (Lipinski definition) is 1. The second kappa shape index (κ2) is 7.22. The fraction of sp³-hybridized carbons (Fsp3) is 0.310. The van der Waals surface area contributed by atoms with Gasteiger partial charge in [0.1, 0.15) is 11.6 Å². The predicted molar refractivity (Wildman–Crippen MR) is 134 cm³/mol. The van der Waals surface area contributed by atoms with Crippen molar-refractivity contribution in [3.05, 3.63) is 76.6 Å². The number of rotatable bonds is 2. The lowest BCUT2D eigenvalue weighted by atomic mass is 9.62. The quantitative estimate of drug-likeness (QED) is 0.279. The summed E-state index contributed by atoms with van der Waals surface area (Å²) in [7, 11) is 1.63. The van der Waals surface area contributed by atoms with Crippen molar-refractivity contribution in [2.24, 2.45) is 0 Å². The Labute approximate surface area is 194 Å². The highest BCUT2D eigenvalue weighted by Crippen LogP contribution is 2.48. The minimum absolute atomic E-state index is 0.111. The summed E-state index contributed by atoms with van der Waals surface area (Å²) in [6.45, 7) is 9.39. The molecule has 1 nitrogen and oxygen atoms in total. The van der Waals surface area contributed by atoms with Gasteiger partial charge in [0.05, 0.1) is 12.1 Å². The van der Waals surface area contributed by atoms with E-state index in [0.29, 0.717) is 16.9 Å². The molecule has 0 fully saturated rings. The summed E-state index contributed by atoms with van der Waals surface area (Å²) in [5.74, 6) is 0.217. The Morgan fingerprint density at radius 1 is 0.781 bits per heavy atom. The van der Waals surface area contributed by atoms with Gasteiger partial charge in [0.15, 0.2) is 0 Å². The summed E-state index contributed by atoms with van der Waals surface area (Å²) < 4.78 is 20.5. The van der Waals surface area contributed by atoms with Gasteiger partial charge in [0.25, 0.3) is 0 Å². The first-order chi connectivity index (χ1) is 15.1. The molecule has 0 radical (unpaired) electrons. The molecule has 4 aromatic rings. The fourth-order valence-corrected chi connectivity index (χ4v) is 5.41. The molecule has 0 aliphatic heterocycles. The molecule has 3 heteroatoms. The number of fused-ring (bicyclic) bond motifs is 4. The van der Waals surface area contributed by atoms with Crippen molar-refractivity contribution in [3.8, 4) is 16.9 Å². The van der Waals surface area contributed by atoms with Crippen LogP contribution in [0.5, 0.6) is 5.75 Å². The van der Waals surface area contributed by atoms with Crippen LogP contribution < -0.4 is 4.74 Å². The number of benzene rings is 4. The van der Waals surface area contributed by atoms with Crippen LogP contribution in [-0.2, 0) is 10.8 Å². The summed E-state index contributed by atoms with van der Waals surface area (Å²) in [6.07, 6.45) is 2.36. The van der Waals surface area contributed by atoms with E-state index in [1.165, 1.54) is 34.7 Å². The maximum absolute atomic E-state index is 14.8. The molecule has 5 rings (SSSR count). The Kier molecular flexibility index (Phi) is 4.80. The Bertz CT molecular complexity index is 1380. The van der Waals surface area contributed by atoms with E-state index in [1.54, 1.807) is 25.3 Å². The molecule has 0 amide bonds. The lowest BCUT2D eigenvalue weighted by Crippen LogP contribution is -2.33. The van der Waals surface area contributed by atoms with Crippen LogP contribution in [0.15, 0.2) is 54.6 Å². The van der Waals surface area contributed by atoms with E-state index in [4.69, 9.17) is 16.3 Å². The molecule has 1 aliphatic carbocycles. The Morgan fingerprint density at radius 3 is 2.03 bits per heavy atom. The molecule has 0 bridgehead atoms. The standard InChI is InChI=1S/C29H28ClFO/c1-28(2)11-12-29(3,4)24-15-20-18(14-23(24)28)10-9-17-13-22(26(32-5)16-21(17)20)19-7-6-8-25(30)27(19)31/h6-10,13-16H,11-12H2,1-5H3. The van der Waals surface area contributed by atoms with Gasteiger partial charge in [0, 0.05) is 11.1 Å². The molecule has 0 heterocycles. The van der Waals surface area contributed by atoms with E-state index in [1.807, 2.05) is 12.1 Å². The fourth-order valence-electron chi connectivity index (χ4n) is 5.24. The molecular weight excluding hydrogens is 419 g/mol. The Morgan fingerprint density at radius 2 is 1.38 bits per heavy atom. The third kappa shape index (κ3) is 3.19. The molecule has 0 saturated carbocycles. The maximum atomic E-state index is 14.8. The second-order valence-electron chi connectivity index (χ2n) is 10.3. The first-order valence-corrected chi connectivity index (χ1v) is 11.5. The van der Waals surface area contributed by atoms with E-state index >= 15 is 0 Å². The smallest absolute Gasteiger partial charge is 0.149 e. The predicted octanol–water partition coefficient (Wildman–Crippen LogP) is 8.81. The van der Waals surface area contributed by atoms with Gasteiger partial charge in [-0.05, 0) is 80.6 Å². The lowest BCUT2D eigenvalue weighted by Gasteiger charge is -2.42. The zero-order valence-corrected chi connectivity index (χ0v) is 20.0. The average molecular weight is 447 g/mol. The molecule has 4 aromatic carbocycles. The number of hydrogen-bond donors (Lipinski definition) is 0. The zero-order chi connectivity index (χ0) is 22.8. The topological polar surface area (TPSA) is 9.23 Å². The normalized spacial score (nSPS) is 16.8. The average Bonchev–Trinajstić information content (AvgIpc) is 2.77. The van der Waals surface area contributed by atoms with Crippen LogP contribution in [0.3, 0.4) is 0 Å². The Balaban J connectivity index is 1.82. The summed E-state index contributed by atoms with van der Waals surface area (Å²) in [4.78, 5) is 0. The summed E-state index contributed by atoms with van der Waals surface area (Å²) >= 11 is 6.06. The summed E-state index contributed by atoms with van der Waals surface area (Å²) in [6, 6.07) is 18.2. The lowest BCUT2D eigenvalue weighted by molar-refractivity contribution is 0.332. The van der Waals surface area contributed by atoms with Gasteiger partial charge in [-0.2, -0.15) is 0 Å². The molecule has 0 spiro atoms. The van der Waals surface area contributed by atoms with Gasteiger partial charge in [-0.3, -0.25) is 0 Å². The van der Waals surface area contributed by atoms with Gasteiger partial charge < -0.3 is 4.74 Å². The number of ether oxygens (including phenoxy) is 1. The van der Waals surface area contributed by atoms with Gasteiger partial charge >= 0.3 is 0 Å². The molecule has 0 atom stereocenters. The van der Waals surface area contributed by atoms with Gasteiger partial charge in [0.2, 0.25) is 0 Å². The summed E-state index contributed by atoms with van der Waals surface area (Å²) in [5, 5.41) is 4.72. The zero-order valence-electron chi connectivity index (χ0n) is 19.3. The van der Waals surface area contributed by atoms with Gasteiger partial charge in [-0.15, -0.1) is 0 Å². The van der Waals surface area contributed by atoms with E-state index < -0.39 is 5.82 Å². The maximum Gasteiger partial charge on any atom is 0.149 e. The monoisotopic (exact) mass is 446 g/mol. The highest BCUT2D eigenvalue weighted by molar-refractivity contribution is 6.31. The van der Waals surface area contributed by atoms with Crippen LogP contribution in [0.4, 0.5) is 4.39 Å². The number of halogens is 2. The van der Waals surface area contributed by atoms with Crippen molar-refractivity contribution in [2.45, 2.75) is 51.4 Å². The van der Waals surface area contributed by atoms with Crippen LogP contribution in [0.25, 0.3) is 32.7 Å².